The normalized spacial score (nSPS) is 28.6. The number of amides is 1. The summed E-state index contributed by atoms with van der Waals surface area (Å²) in [6, 6.07) is 5.99. The van der Waals surface area contributed by atoms with E-state index in [1.807, 2.05) is 25.1 Å². The maximum atomic E-state index is 13.3. The van der Waals surface area contributed by atoms with Gasteiger partial charge in [-0.1, -0.05) is 32.3 Å². The van der Waals surface area contributed by atoms with Gasteiger partial charge in [0, 0.05) is 24.4 Å². The SMILES string of the molecule is COc1ccc([C@@H]2CN(C(=O)[C@@H](O)C3CCCCC3)C[C@@]2(C)[C@@H](C)O)cc1OC1CCCC1. The first kappa shape index (κ1) is 24.3. The molecule has 0 unspecified atom stereocenters. The summed E-state index contributed by atoms with van der Waals surface area (Å²) in [4.78, 5) is 15.1. The Kier molecular flexibility index (Phi) is 7.54. The number of nitrogens with zero attached hydrogens (tertiary/aromatic N) is 1. The quantitative estimate of drug-likeness (QED) is 0.637. The van der Waals surface area contributed by atoms with Crippen LogP contribution in [0, 0.1) is 11.3 Å². The largest absolute Gasteiger partial charge is 0.493 e. The molecule has 0 bridgehead atoms. The molecule has 6 heteroatoms. The van der Waals surface area contributed by atoms with Crippen LogP contribution in [0.2, 0.25) is 0 Å². The maximum absolute atomic E-state index is 13.3. The molecule has 0 radical (unpaired) electrons. The zero-order valence-electron chi connectivity index (χ0n) is 20.5. The van der Waals surface area contributed by atoms with Gasteiger partial charge >= 0.3 is 0 Å². The van der Waals surface area contributed by atoms with Crippen LogP contribution >= 0.6 is 0 Å². The standard InChI is InChI=1S/C27H41NO5/c1-18(29)27(2)17-28(26(31)25(30)19-9-5-4-6-10-19)16-22(27)20-13-14-23(32-3)24(15-20)33-21-11-7-8-12-21/h13-15,18-19,21-22,25,29-30H,4-12,16-17H2,1-3H3/t18-,22+,25+,27+/m1/s1. The molecule has 3 aliphatic rings. The van der Waals surface area contributed by atoms with E-state index >= 15 is 0 Å². The van der Waals surface area contributed by atoms with E-state index in [0.717, 1.165) is 49.8 Å². The van der Waals surface area contributed by atoms with Crippen molar-refractivity contribution in [3.63, 3.8) is 0 Å². The van der Waals surface area contributed by atoms with Crippen molar-refractivity contribution in [2.45, 2.75) is 95.9 Å². The van der Waals surface area contributed by atoms with Crippen LogP contribution in [0.25, 0.3) is 0 Å². The fourth-order valence-electron chi connectivity index (χ4n) is 6.12. The van der Waals surface area contributed by atoms with Gasteiger partial charge in [0.1, 0.15) is 6.10 Å². The molecule has 1 saturated heterocycles. The molecule has 1 amide bonds. The molecule has 0 spiro atoms. The van der Waals surface area contributed by atoms with Crippen molar-refractivity contribution in [3.8, 4) is 11.5 Å². The Morgan fingerprint density at radius 1 is 1.06 bits per heavy atom. The van der Waals surface area contributed by atoms with E-state index in [2.05, 4.69) is 0 Å². The molecule has 33 heavy (non-hydrogen) atoms. The number of benzene rings is 1. The number of hydrogen-bond donors (Lipinski definition) is 2. The highest BCUT2D eigenvalue weighted by Crippen LogP contribution is 2.47. The van der Waals surface area contributed by atoms with Crippen LogP contribution in [0.5, 0.6) is 11.5 Å². The lowest BCUT2D eigenvalue weighted by molar-refractivity contribution is -0.143. The van der Waals surface area contributed by atoms with Crippen molar-refractivity contribution in [3.05, 3.63) is 23.8 Å². The Hall–Kier alpha value is -1.79. The Balaban J connectivity index is 1.57. The molecule has 4 rings (SSSR count). The number of methoxy groups -OCH3 is 1. The van der Waals surface area contributed by atoms with Crippen LogP contribution in [-0.4, -0.2) is 59.5 Å². The summed E-state index contributed by atoms with van der Waals surface area (Å²) in [5.74, 6) is 1.25. The molecule has 0 aromatic heterocycles. The molecule has 1 aromatic rings. The van der Waals surface area contributed by atoms with Gasteiger partial charge in [-0.15, -0.1) is 0 Å². The Morgan fingerprint density at radius 2 is 1.73 bits per heavy atom. The topological polar surface area (TPSA) is 79.2 Å². The molecule has 1 aromatic carbocycles. The average molecular weight is 460 g/mol. The number of ether oxygens (including phenoxy) is 2. The monoisotopic (exact) mass is 459 g/mol. The number of likely N-dealkylation sites (tertiary alicyclic amines) is 1. The van der Waals surface area contributed by atoms with Gasteiger partial charge in [0.2, 0.25) is 0 Å². The lowest BCUT2D eigenvalue weighted by atomic mass is 9.72. The fraction of sp³-hybridized carbons (Fsp3) is 0.741. The smallest absolute Gasteiger partial charge is 0.251 e. The van der Waals surface area contributed by atoms with E-state index in [0.29, 0.717) is 18.8 Å². The van der Waals surface area contributed by atoms with E-state index in [1.165, 1.54) is 19.3 Å². The Bertz CT molecular complexity index is 815. The molecule has 4 atom stereocenters. The molecule has 2 saturated carbocycles. The van der Waals surface area contributed by atoms with Crippen molar-refractivity contribution in [2.75, 3.05) is 20.2 Å². The summed E-state index contributed by atoms with van der Waals surface area (Å²) in [5, 5.41) is 21.6. The van der Waals surface area contributed by atoms with Gasteiger partial charge in [-0.3, -0.25) is 4.79 Å². The number of carbonyl (C=O) groups excluding carboxylic acids is 1. The summed E-state index contributed by atoms with van der Waals surface area (Å²) in [7, 11) is 1.65. The predicted molar refractivity (Wildman–Crippen MR) is 128 cm³/mol. The molecule has 6 nitrogen and oxygen atoms in total. The maximum Gasteiger partial charge on any atom is 0.251 e. The third-order valence-electron chi connectivity index (χ3n) is 8.53. The van der Waals surface area contributed by atoms with Crippen LogP contribution in [0.4, 0.5) is 0 Å². The van der Waals surface area contributed by atoms with Gasteiger partial charge in [-0.25, -0.2) is 0 Å². The molecule has 2 aliphatic carbocycles. The predicted octanol–water partition coefficient (Wildman–Crippen LogP) is 4.27. The molecule has 1 aliphatic heterocycles. The number of aliphatic hydroxyl groups is 2. The summed E-state index contributed by atoms with van der Waals surface area (Å²) in [5.41, 5.74) is 0.524. The summed E-state index contributed by atoms with van der Waals surface area (Å²) < 4.78 is 11.9. The number of rotatable bonds is 7. The minimum atomic E-state index is -0.945. The van der Waals surface area contributed by atoms with Crippen molar-refractivity contribution in [2.24, 2.45) is 11.3 Å². The molecular formula is C27H41NO5. The van der Waals surface area contributed by atoms with Crippen molar-refractivity contribution in [1.82, 2.24) is 4.90 Å². The van der Waals surface area contributed by atoms with E-state index in [1.54, 1.807) is 18.9 Å². The lowest BCUT2D eigenvalue weighted by Crippen LogP contribution is -2.44. The Morgan fingerprint density at radius 3 is 2.36 bits per heavy atom. The minimum Gasteiger partial charge on any atom is -0.493 e. The first-order valence-corrected chi connectivity index (χ1v) is 12.8. The van der Waals surface area contributed by atoms with Crippen molar-refractivity contribution in [1.29, 1.82) is 0 Å². The second-order valence-electron chi connectivity index (χ2n) is 10.7. The number of carbonyl (C=O) groups is 1. The van der Waals surface area contributed by atoms with E-state index in [9.17, 15) is 15.0 Å². The van der Waals surface area contributed by atoms with Gasteiger partial charge in [0.25, 0.3) is 5.91 Å². The van der Waals surface area contributed by atoms with Crippen LogP contribution in [-0.2, 0) is 4.79 Å². The van der Waals surface area contributed by atoms with Crippen molar-refractivity contribution < 1.29 is 24.5 Å². The highest BCUT2D eigenvalue weighted by Gasteiger charge is 2.49. The van der Waals surface area contributed by atoms with E-state index in [4.69, 9.17) is 9.47 Å². The summed E-state index contributed by atoms with van der Waals surface area (Å²) >= 11 is 0. The first-order valence-electron chi connectivity index (χ1n) is 12.8. The Labute approximate surface area is 198 Å². The van der Waals surface area contributed by atoms with Crippen LogP contribution in [0.3, 0.4) is 0 Å². The molecular weight excluding hydrogens is 418 g/mol. The highest BCUT2D eigenvalue weighted by molar-refractivity contribution is 5.81. The van der Waals surface area contributed by atoms with Gasteiger partial charge in [-0.2, -0.15) is 0 Å². The van der Waals surface area contributed by atoms with Crippen LogP contribution in [0.1, 0.15) is 83.1 Å². The number of hydrogen-bond acceptors (Lipinski definition) is 5. The van der Waals surface area contributed by atoms with E-state index in [-0.39, 0.29) is 23.8 Å². The fourth-order valence-corrected chi connectivity index (χ4v) is 6.12. The zero-order valence-corrected chi connectivity index (χ0v) is 20.5. The molecule has 184 valence electrons. The first-order chi connectivity index (χ1) is 15.8. The molecule has 1 heterocycles. The van der Waals surface area contributed by atoms with Gasteiger partial charge in [0.05, 0.1) is 19.3 Å². The van der Waals surface area contributed by atoms with E-state index < -0.39 is 17.6 Å². The number of aliphatic hydroxyl groups excluding tert-OH is 2. The average Bonchev–Trinajstić information content (AvgIpc) is 3.47. The second-order valence-corrected chi connectivity index (χ2v) is 10.7. The zero-order chi connectivity index (χ0) is 23.6. The third kappa shape index (κ3) is 5.02. The molecule has 3 fully saturated rings. The molecule has 2 N–H and O–H groups in total. The van der Waals surface area contributed by atoms with Crippen LogP contribution < -0.4 is 9.47 Å². The lowest BCUT2D eigenvalue weighted by Gasteiger charge is -2.34. The third-order valence-corrected chi connectivity index (χ3v) is 8.53. The van der Waals surface area contributed by atoms with Gasteiger partial charge in [0.15, 0.2) is 11.5 Å². The van der Waals surface area contributed by atoms with Crippen molar-refractivity contribution >= 4 is 5.91 Å². The van der Waals surface area contributed by atoms with Gasteiger partial charge < -0.3 is 24.6 Å². The summed E-state index contributed by atoms with van der Waals surface area (Å²) in [6.45, 7) is 4.77. The van der Waals surface area contributed by atoms with Crippen LogP contribution in [0.15, 0.2) is 18.2 Å². The van der Waals surface area contributed by atoms with Gasteiger partial charge in [-0.05, 0) is 69.1 Å². The summed E-state index contributed by atoms with van der Waals surface area (Å²) in [6.07, 6.45) is 8.34. The minimum absolute atomic E-state index is 0.0514. The highest BCUT2D eigenvalue weighted by atomic mass is 16.5. The second kappa shape index (κ2) is 10.2.